The van der Waals surface area contributed by atoms with E-state index in [4.69, 9.17) is 10.5 Å². The van der Waals surface area contributed by atoms with Crippen LogP contribution in [0.15, 0.2) is 30.3 Å². The molecule has 2 rings (SSSR count). The van der Waals surface area contributed by atoms with Gasteiger partial charge >= 0.3 is 6.09 Å². The molecule has 6 nitrogen and oxygen atoms in total. The van der Waals surface area contributed by atoms with Crippen molar-refractivity contribution in [3.63, 3.8) is 0 Å². The Kier molecular flexibility index (Phi) is 6.61. The number of nitrogens with one attached hydrogen (secondary N) is 1. The Hall–Kier alpha value is -2.08. The number of nitrogens with zero attached hydrogens (tertiary/aromatic N) is 1. The van der Waals surface area contributed by atoms with Gasteiger partial charge in [0.25, 0.3) is 0 Å². The molecule has 0 spiro atoms. The molecule has 1 aliphatic rings. The van der Waals surface area contributed by atoms with E-state index in [9.17, 15) is 9.59 Å². The number of ether oxygens (including phenoxy) is 1. The number of rotatable bonds is 5. The predicted octanol–water partition coefficient (Wildman–Crippen LogP) is 1.89. The molecule has 0 bridgehead atoms. The largest absolute Gasteiger partial charge is 0.445 e. The maximum absolute atomic E-state index is 12.1. The second-order valence-electron chi connectivity index (χ2n) is 6.58. The topological polar surface area (TPSA) is 84.7 Å². The first-order chi connectivity index (χ1) is 11.5. The average molecular weight is 333 g/mol. The van der Waals surface area contributed by atoms with Crippen LogP contribution in [0.1, 0.15) is 32.3 Å². The van der Waals surface area contributed by atoms with E-state index in [0.717, 1.165) is 18.4 Å². The molecule has 132 valence electrons. The lowest BCUT2D eigenvalue weighted by Gasteiger charge is -2.32. The fourth-order valence-electron chi connectivity index (χ4n) is 2.62. The van der Waals surface area contributed by atoms with E-state index in [2.05, 4.69) is 5.32 Å². The number of benzene rings is 1. The molecule has 3 N–H and O–H groups in total. The van der Waals surface area contributed by atoms with Gasteiger partial charge in [-0.3, -0.25) is 4.79 Å². The normalized spacial score (nSPS) is 16.8. The second kappa shape index (κ2) is 8.68. The minimum atomic E-state index is -0.487. The van der Waals surface area contributed by atoms with Gasteiger partial charge in [0.2, 0.25) is 5.91 Å². The Labute approximate surface area is 143 Å². The summed E-state index contributed by atoms with van der Waals surface area (Å²) < 4.78 is 5.33. The Balaban J connectivity index is 1.72. The summed E-state index contributed by atoms with van der Waals surface area (Å²) >= 11 is 0. The molecule has 0 unspecified atom stereocenters. The number of hydrogen-bond donors (Lipinski definition) is 2. The lowest BCUT2D eigenvalue weighted by Crippen LogP contribution is -2.51. The number of carbonyl (C=O) groups is 2. The number of piperidine rings is 1. The van der Waals surface area contributed by atoms with Crippen LogP contribution < -0.4 is 11.1 Å². The van der Waals surface area contributed by atoms with Crippen molar-refractivity contribution < 1.29 is 14.3 Å². The predicted molar refractivity (Wildman–Crippen MR) is 92.2 cm³/mol. The highest BCUT2D eigenvalue weighted by Crippen LogP contribution is 2.13. The fraction of sp³-hybridized carbons (Fsp3) is 0.556. The third kappa shape index (κ3) is 5.23. The number of amides is 2. The van der Waals surface area contributed by atoms with E-state index >= 15 is 0 Å². The molecule has 1 fully saturated rings. The summed E-state index contributed by atoms with van der Waals surface area (Å²) in [7, 11) is 0. The molecule has 1 saturated heterocycles. The standard InChI is InChI=1S/C18H27N3O3/c1-13(2)16(19)17(22)20-15-8-10-21(11-9-15)18(23)24-12-14-6-4-3-5-7-14/h3-7,13,15-16H,8-12,19H2,1-2H3,(H,20,22)/t16-/m0/s1. The smallest absolute Gasteiger partial charge is 0.410 e. The molecule has 1 heterocycles. The Morgan fingerprint density at radius 1 is 1.25 bits per heavy atom. The van der Waals surface area contributed by atoms with Gasteiger partial charge in [0.15, 0.2) is 0 Å². The molecular weight excluding hydrogens is 306 g/mol. The third-order valence-corrected chi connectivity index (χ3v) is 4.33. The van der Waals surface area contributed by atoms with Crippen molar-refractivity contribution in [2.24, 2.45) is 11.7 Å². The molecular formula is C18H27N3O3. The lowest BCUT2D eigenvalue weighted by molar-refractivity contribution is -0.124. The summed E-state index contributed by atoms with van der Waals surface area (Å²) in [5.41, 5.74) is 6.82. The van der Waals surface area contributed by atoms with Crippen LogP contribution >= 0.6 is 0 Å². The maximum atomic E-state index is 12.1. The van der Waals surface area contributed by atoms with Crippen molar-refractivity contribution in [2.45, 2.75) is 45.4 Å². The van der Waals surface area contributed by atoms with Crippen LogP contribution in [0.3, 0.4) is 0 Å². The summed E-state index contributed by atoms with van der Waals surface area (Å²) in [6.45, 7) is 5.29. The summed E-state index contributed by atoms with van der Waals surface area (Å²) in [6.07, 6.45) is 1.14. The molecule has 24 heavy (non-hydrogen) atoms. The Bertz CT molecular complexity index is 540. The lowest BCUT2D eigenvalue weighted by atomic mass is 10.0. The summed E-state index contributed by atoms with van der Waals surface area (Å²) in [5.74, 6) is -0.00634. The minimum absolute atomic E-state index is 0.0699. The number of nitrogens with two attached hydrogens (primary N) is 1. The molecule has 2 amide bonds. The van der Waals surface area contributed by atoms with Crippen LogP contribution in [-0.2, 0) is 16.1 Å². The number of likely N-dealkylation sites (tertiary alicyclic amines) is 1. The highest BCUT2D eigenvalue weighted by atomic mass is 16.6. The van der Waals surface area contributed by atoms with Gasteiger partial charge in [-0.25, -0.2) is 4.79 Å². The molecule has 0 aromatic heterocycles. The van der Waals surface area contributed by atoms with Gasteiger partial charge in [0.05, 0.1) is 6.04 Å². The van der Waals surface area contributed by atoms with Gasteiger partial charge in [0, 0.05) is 19.1 Å². The number of hydrogen-bond acceptors (Lipinski definition) is 4. The summed E-state index contributed by atoms with van der Waals surface area (Å²) in [4.78, 5) is 25.8. The summed E-state index contributed by atoms with van der Waals surface area (Å²) in [5, 5.41) is 2.97. The third-order valence-electron chi connectivity index (χ3n) is 4.33. The van der Waals surface area contributed by atoms with E-state index in [-0.39, 0.29) is 30.6 Å². The monoisotopic (exact) mass is 333 g/mol. The van der Waals surface area contributed by atoms with Gasteiger partial charge in [-0.05, 0) is 24.3 Å². The zero-order valence-corrected chi connectivity index (χ0v) is 14.4. The minimum Gasteiger partial charge on any atom is -0.445 e. The fourth-order valence-corrected chi connectivity index (χ4v) is 2.62. The van der Waals surface area contributed by atoms with E-state index in [1.54, 1.807) is 4.90 Å². The molecule has 1 atom stereocenters. The van der Waals surface area contributed by atoms with Gasteiger partial charge in [0.1, 0.15) is 6.61 Å². The van der Waals surface area contributed by atoms with Gasteiger partial charge in [-0.2, -0.15) is 0 Å². The molecule has 6 heteroatoms. The molecule has 1 aliphatic heterocycles. The van der Waals surface area contributed by atoms with E-state index in [1.807, 2.05) is 44.2 Å². The van der Waals surface area contributed by atoms with Gasteiger partial charge < -0.3 is 20.7 Å². The first-order valence-electron chi connectivity index (χ1n) is 8.49. The quantitative estimate of drug-likeness (QED) is 0.862. The first kappa shape index (κ1) is 18.3. The Morgan fingerprint density at radius 3 is 2.46 bits per heavy atom. The van der Waals surface area contributed by atoms with Crippen molar-refractivity contribution in [1.29, 1.82) is 0 Å². The van der Waals surface area contributed by atoms with Crippen LogP contribution in [0.2, 0.25) is 0 Å². The summed E-state index contributed by atoms with van der Waals surface area (Å²) in [6, 6.07) is 9.19. The van der Waals surface area contributed by atoms with Crippen molar-refractivity contribution in [3.8, 4) is 0 Å². The molecule has 1 aromatic carbocycles. The van der Waals surface area contributed by atoms with Crippen LogP contribution in [0.25, 0.3) is 0 Å². The molecule has 1 aromatic rings. The molecule has 0 saturated carbocycles. The zero-order chi connectivity index (χ0) is 17.5. The van der Waals surface area contributed by atoms with Crippen molar-refractivity contribution in [3.05, 3.63) is 35.9 Å². The van der Waals surface area contributed by atoms with Crippen molar-refractivity contribution in [1.82, 2.24) is 10.2 Å². The van der Waals surface area contributed by atoms with Crippen molar-refractivity contribution >= 4 is 12.0 Å². The SMILES string of the molecule is CC(C)[C@H](N)C(=O)NC1CCN(C(=O)OCc2ccccc2)CC1. The first-order valence-corrected chi connectivity index (χ1v) is 8.49. The molecule has 0 aliphatic carbocycles. The second-order valence-corrected chi connectivity index (χ2v) is 6.58. The Morgan fingerprint density at radius 2 is 1.88 bits per heavy atom. The van der Waals surface area contributed by atoms with E-state index < -0.39 is 6.04 Å². The van der Waals surface area contributed by atoms with Crippen LogP contribution in [0.4, 0.5) is 4.79 Å². The highest BCUT2D eigenvalue weighted by Gasteiger charge is 2.26. The van der Waals surface area contributed by atoms with Crippen LogP contribution in [-0.4, -0.2) is 42.1 Å². The average Bonchev–Trinajstić information content (AvgIpc) is 2.60. The van der Waals surface area contributed by atoms with E-state index in [1.165, 1.54) is 0 Å². The van der Waals surface area contributed by atoms with Crippen LogP contribution in [0.5, 0.6) is 0 Å². The van der Waals surface area contributed by atoms with Gasteiger partial charge in [-0.1, -0.05) is 44.2 Å². The number of carbonyl (C=O) groups excluding carboxylic acids is 2. The van der Waals surface area contributed by atoms with Crippen LogP contribution in [0, 0.1) is 5.92 Å². The van der Waals surface area contributed by atoms with Crippen molar-refractivity contribution in [2.75, 3.05) is 13.1 Å². The maximum Gasteiger partial charge on any atom is 0.410 e. The highest BCUT2D eigenvalue weighted by molar-refractivity contribution is 5.82. The van der Waals surface area contributed by atoms with Gasteiger partial charge in [-0.15, -0.1) is 0 Å². The molecule has 0 radical (unpaired) electrons. The zero-order valence-electron chi connectivity index (χ0n) is 14.4. The van der Waals surface area contributed by atoms with E-state index in [0.29, 0.717) is 13.1 Å².